The third-order valence-corrected chi connectivity index (χ3v) is 14.5. The van der Waals surface area contributed by atoms with Crippen LogP contribution in [0.2, 0.25) is 0 Å². The molecule has 0 aliphatic rings. The first-order valence-electron chi connectivity index (χ1n) is 34.1. The van der Waals surface area contributed by atoms with Crippen LogP contribution in [0.1, 0.15) is 284 Å². The van der Waals surface area contributed by atoms with E-state index in [9.17, 15) is 19.5 Å². The first kappa shape index (κ1) is 79.0. The highest BCUT2D eigenvalue weighted by atomic mass is 16.7. The van der Waals surface area contributed by atoms with E-state index in [2.05, 4.69) is 123 Å². The van der Waals surface area contributed by atoms with Crippen molar-refractivity contribution in [2.75, 3.05) is 47.5 Å². The Labute approximate surface area is 511 Å². The van der Waals surface area contributed by atoms with Gasteiger partial charge in [0.1, 0.15) is 13.2 Å². The molecule has 0 spiro atoms. The smallest absolute Gasteiger partial charge is 0.361 e. The van der Waals surface area contributed by atoms with Crippen LogP contribution in [0.15, 0.2) is 109 Å². The van der Waals surface area contributed by atoms with Crippen molar-refractivity contribution in [2.45, 2.75) is 296 Å². The number of hydrogen-bond acceptors (Lipinski definition) is 7. The average molecular weight is 1160 g/mol. The molecule has 0 aromatic heterocycles. The lowest BCUT2D eigenvalue weighted by Gasteiger charge is -2.25. The number of carboxylic acids is 1. The van der Waals surface area contributed by atoms with Gasteiger partial charge in [0.15, 0.2) is 6.10 Å². The van der Waals surface area contributed by atoms with Crippen molar-refractivity contribution >= 4 is 17.9 Å². The molecule has 9 nitrogen and oxygen atoms in total. The number of likely N-dealkylation sites (N-methyl/N-ethyl adjacent to an activating group) is 1. The first-order chi connectivity index (χ1) is 40.6. The van der Waals surface area contributed by atoms with E-state index in [4.69, 9.17) is 18.9 Å². The van der Waals surface area contributed by atoms with Gasteiger partial charge in [0.25, 0.3) is 6.29 Å². The predicted octanol–water partition coefficient (Wildman–Crippen LogP) is 21.0. The number of carboxylic acid groups (broad SMARTS) is 1. The van der Waals surface area contributed by atoms with E-state index in [0.717, 1.165) is 70.6 Å². The number of carbonyl (C=O) groups excluding carboxylic acids is 2. The van der Waals surface area contributed by atoms with Crippen LogP contribution in [0.4, 0.5) is 0 Å². The van der Waals surface area contributed by atoms with E-state index in [-0.39, 0.29) is 38.6 Å². The summed E-state index contributed by atoms with van der Waals surface area (Å²) in [6.45, 7) is 4.70. The van der Waals surface area contributed by atoms with Crippen molar-refractivity contribution in [3.05, 3.63) is 109 Å². The van der Waals surface area contributed by atoms with Gasteiger partial charge in [-0.15, -0.1) is 0 Å². The standard InChI is InChI=1S/C74H127NO8/c1-6-8-10-12-14-16-18-20-22-24-26-28-30-31-32-33-34-35-36-37-38-39-40-41-43-44-46-48-50-52-54-56-58-60-62-64-71(76)81-68-70(69-82-74(73(78)79)80-67-66-75(3,4)5)83-72(77)65-63-61-59-57-55-53-51-49-47-45-42-29-27-25-23-21-19-17-15-13-11-9-7-2/h9,11,15,17-18,20-21,23-24,26-27,29,45,47,51,53,57,59,70,74H,6-8,10,12-14,16,19,22,25,28,30-44,46,48-50,52,54-56,58,60-69H2,1-5H3/p+1/b11-9-,17-15-,20-18-,23-21-,26-24-,29-27-,47-45-,53-51-,59-57-. The Hall–Kier alpha value is -4.05. The maximum Gasteiger partial charge on any atom is 0.361 e. The summed E-state index contributed by atoms with van der Waals surface area (Å²) in [5.41, 5.74) is 0. The van der Waals surface area contributed by atoms with E-state index in [1.165, 1.54) is 173 Å². The van der Waals surface area contributed by atoms with Crippen molar-refractivity contribution < 1.29 is 42.9 Å². The molecule has 0 radical (unpaired) electrons. The Kier molecular flexibility index (Phi) is 60.8. The summed E-state index contributed by atoms with van der Waals surface area (Å²) in [6.07, 6.45) is 86.5. The maximum atomic E-state index is 12.9. The van der Waals surface area contributed by atoms with Gasteiger partial charge in [0, 0.05) is 12.8 Å². The van der Waals surface area contributed by atoms with Crippen molar-refractivity contribution in [2.24, 2.45) is 0 Å². The van der Waals surface area contributed by atoms with Gasteiger partial charge in [-0.05, 0) is 96.3 Å². The van der Waals surface area contributed by atoms with E-state index >= 15 is 0 Å². The second-order valence-electron chi connectivity index (χ2n) is 23.7. The number of nitrogens with zero attached hydrogens (tertiary/aromatic N) is 1. The highest BCUT2D eigenvalue weighted by Crippen LogP contribution is 2.17. The Morgan fingerprint density at radius 2 is 0.699 bits per heavy atom. The van der Waals surface area contributed by atoms with Crippen LogP contribution >= 0.6 is 0 Å². The fourth-order valence-electron chi connectivity index (χ4n) is 9.33. The maximum absolute atomic E-state index is 12.9. The molecule has 0 amide bonds. The predicted molar refractivity (Wildman–Crippen MR) is 355 cm³/mol. The molecule has 0 saturated carbocycles. The summed E-state index contributed by atoms with van der Waals surface area (Å²) in [7, 11) is 5.95. The minimum Gasteiger partial charge on any atom is -0.477 e. The van der Waals surface area contributed by atoms with Crippen molar-refractivity contribution in [1.29, 1.82) is 0 Å². The zero-order valence-corrected chi connectivity index (χ0v) is 54.3. The zero-order chi connectivity index (χ0) is 60.5. The molecule has 0 bridgehead atoms. The summed E-state index contributed by atoms with van der Waals surface area (Å²) < 4.78 is 22.9. The van der Waals surface area contributed by atoms with Gasteiger partial charge in [-0.25, -0.2) is 4.79 Å². The molecule has 0 rings (SSSR count). The second-order valence-corrected chi connectivity index (χ2v) is 23.7. The van der Waals surface area contributed by atoms with Gasteiger partial charge in [-0.1, -0.05) is 284 Å². The van der Waals surface area contributed by atoms with Crippen molar-refractivity contribution in [3.8, 4) is 0 Å². The monoisotopic (exact) mass is 1160 g/mol. The molecule has 0 fully saturated rings. The average Bonchev–Trinajstić information content (AvgIpc) is 3.46. The quantitative estimate of drug-likeness (QED) is 0.0211. The first-order valence-corrected chi connectivity index (χ1v) is 34.1. The molecular formula is C74H128NO8+. The summed E-state index contributed by atoms with van der Waals surface area (Å²) in [5, 5.41) is 9.73. The molecule has 0 aromatic carbocycles. The SMILES string of the molecule is CC/C=C\C/C=C\C/C=C\C/C=C\C/C=C\C/C=C\C/C=C\CCCC(=O)OC(COC(=O)CCCCCCCCCCCCCCCCCCCCCCCCC/C=C\C/C=C\CCCCCCC)COC(OCC[N+](C)(C)C)C(=O)O. The number of esters is 2. The van der Waals surface area contributed by atoms with Crippen LogP contribution < -0.4 is 0 Å². The molecule has 476 valence electrons. The van der Waals surface area contributed by atoms with Gasteiger partial charge >= 0.3 is 17.9 Å². The van der Waals surface area contributed by atoms with Crippen LogP contribution in [-0.2, 0) is 33.3 Å². The fraction of sp³-hybridized carbons (Fsp3) is 0.716. The van der Waals surface area contributed by atoms with Crippen LogP contribution in [0.3, 0.4) is 0 Å². The number of carbonyl (C=O) groups is 3. The van der Waals surface area contributed by atoms with Crippen LogP contribution in [-0.4, -0.2) is 87.4 Å². The van der Waals surface area contributed by atoms with E-state index in [1.807, 2.05) is 21.1 Å². The molecule has 0 aromatic rings. The molecule has 2 atom stereocenters. The number of aliphatic carboxylic acids is 1. The third kappa shape index (κ3) is 65.3. The number of rotatable bonds is 62. The van der Waals surface area contributed by atoms with Gasteiger partial charge in [-0.2, -0.15) is 0 Å². The van der Waals surface area contributed by atoms with E-state index in [1.54, 1.807) is 0 Å². The summed E-state index contributed by atoms with van der Waals surface area (Å²) >= 11 is 0. The van der Waals surface area contributed by atoms with Gasteiger partial charge in [0.05, 0.1) is 34.4 Å². The minimum atomic E-state index is -1.53. The molecule has 0 aliphatic heterocycles. The Morgan fingerprint density at radius 3 is 1.06 bits per heavy atom. The van der Waals surface area contributed by atoms with Crippen LogP contribution in [0, 0.1) is 0 Å². The lowest BCUT2D eigenvalue weighted by atomic mass is 10.0. The number of ether oxygens (including phenoxy) is 4. The van der Waals surface area contributed by atoms with Crippen molar-refractivity contribution in [1.82, 2.24) is 0 Å². The van der Waals surface area contributed by atoms with Gasteiger partial charge in [0.2, 0.25) is 0 Å². The van der Waals surface area contributed by atoms with Crippen LogP contribution in [0.5, 0.6) is 0 Å². The van der Waals surface area contributed by atoms with E-state index in [0.29, 0.717) is 23.9 Å². The molecule has 9 heteroatoms. The third-order valence-electron chi connectivity index (χ3n) is 14.5. The van der Waals surface area contributed by atoms with Gasteiger partial charge < -0.3 is 28.5 Å². The number of allylic oxidation sites excluding steroid dienone is 18. The summed E-state index contributed by atoms with van der Waals surface area (Å²) in [6, 6.07) is 0. The number of hydrogen-bond donors (Lipinski definition) is 1. The van der Waals surface area contributed by atoms with E-state index < -0.39 is 24.3 Å². The molecule has 0 saturated heterocycles. The lowest BCUT2D eigenvalue weighted by Crippen LogP contribution is -2.40. The zero-order valence-electron chi connectivity index (χ0n) is 54.3. The highest BCUT2D eigenvalue weighted by molar-refractivity contribution is 5.71. The summed E-state index contributed by atoms with van der Waals surface area (Å²) in [4.78, 5) is 37.5. The van der Waals surface area contributed by atoms with Crippen LogP contribution in [0.25, 0.3) is 0 Å². The number of unbranched alkanes of at least 4 members (excludes halogenated alkanes) is 29. The summed E-state index contributed by atoms with van der Waals surface area (Å²) in [5.74, 6) is -2.09. The molecule has 0 heterocycles. The molecule has 2 unspecified atom stereocenters. The minimum absolute atomic E-state index is 0.172. The van der Waals surface area contributed by atoms with Crippen molar-refractivity contribution in [3.63, 3.8) is 0 Å². The topological polar surface area (TPSA) is 108 Å². The Balaban J connectivity index is 4.14. The molecular weight excluding hydrogens is 1030 g/mol. The molecule has 0 aliphatic carbocycles. The lowest BCUT2D eigenvalue weighted by molar-refractivity contribution is -0.870. The Bertz CT molecular complexity index is 1730. The second kappa shape index (κ2) is 64.0. The molecule has 1 N–H and O–H groups in total. The largest absolute Gasteiger partial charge is 0.477 e. The fourth-order valence-corrected chi connectivity index (χ4v) is 9.33. The van der Waals surface area contributed by atoms with Gasteiger partial charge in [-0.3, -0.25) is 9.59 Å². The molecule has 83 heavy (non-hydrogen) atoms. The Morgan fingerprint density at radius 1 is 0.373 bits per heavy atom. The number of quaternary nitrogens is 1. The highest BCUT2D eigenvalue weighted by Gasteiger charge is 2.25. The normalized spacial score (nSPS) is 13.4.